The van der Waals surface area contributed by atoms with Crippen LogP contribution in [0.15, 0.2) is 22.9 Å². The highest BCUT2D eigenvalue weighted by Gasteiger charge is 2.15. The van der Waals surface area contributed by atoms with E-state index in [-0.39, 0.29) is 5.28 Å². The van der Waals surface area contributed by atoms with Gasteiger partial charge in [0.2, 0.25) is 5.28 Å². The highest BCUT2D eigenvalue weighted by atomic mass is 35.5. The molecule has 26 heavy (non-hydrogen) atoms. The van der Waals surface area contributed by atoms with Crippen molar-refractivity contribution in [2.24, 2.45) is 0 Å². The molecule has 0 unspecified atom stereocenters. The van der Waals surface area contributed by atoms with E-state index in [1.165, 1.54) is 0 Å². The van der Waals surface area contributed by atoms with Gasteiger partial charge in [0.25, 0.3) is 0 Å². The van der Waals surface area contributed by atoms with E-state index >= 15 is 0 Å². The van der Waals surface area contributed by atoms with Gasteiger partial charge in [-0.1, -0.05) is 0 Å². The van der Waals surface area contributed by atoms with E-state index in [9.17, 15) is 0 Å². The Kier molecular flexibility index (Phi) is 5.05. The van der Waals surface area contributed by atoms with Gasteiger partial charge in [-0.2, -0.15) is 9.97 Å². The van der Waals surface area contributed by atoms with Gasteiger partial charge in [0.15, 0.2) is 17.0 Å². The van der Waals surface area contributed by atoms with Gasteiger partial charge in [0.1, 0.15) is 11.5 Å². The largest absolute Gasteiger partial charge is 0.465 e. The zero-order valence-electron chi connectivity index (χ0n) is 14.6. The van der Waals surface area contributed by atoms with E-state index in [0.29, 0.717) is 17.9 Å². The Hall–Kier alpha value is -2.16. The van der Waals surface area contributed by atoms with E-state index in [1.807, 2.05) is 23.6 Å². The molecule has 1 N–H and O–H groups in total. The summed E-state index contributed by atoms with van der Waals surface area (Å²) in [6.07, 6.45) is 1.79. The van der Waals surface area contributed by atoms with Gasteiger partial charge in [0, 0.05) is 26.2 Å². The normalized spacial score (nSPS) is 15.6. The fourth-order valence-electron chi connectivity index (χ4n) is 3.03. The summed E-state index contributed by atoms with van der Waals surface area (Å²) >= 11 is 6.13. The van der Waals surface area contributed by atoms with Gasteiger partial charge >= 0.3 is 0 Å². The average molecular weight is 377 g/mol. The van der Waals surface area contributed by atoms with Crippen molar-refractivity contribution in [3.05, 3.63) is 35.3 Å². The second-order valence-corrected chi connectivity index (χ2v) is 6.61. The average Bonchev–Trinajstić information content (AvgIpc) is 3.25. The Morgan fingerprint density at radius 1 is 1.19 bits per heavy atom. The quantitative estimate of drug-likeness (QED) is 0.661. The van der Waals surface area contributed by atoms with Gasteiger partial charge in [-0.15, -0.1) is 0 Å². The molecule has 1 aliphatic heterocycles. The summed E-state index contributed by atoms with van der Waals surface area (Å²) in [5.74, 6) is 2.32. The zero-order chi connectivity index (χ0) is 17.9. The van der Waals surface area contributed by atoms with Crippen LogP contribution in [0.3, 0.4) is 0 Å². The first-order chi connectivity index (χ1) is 12.7. The van der Waals surface area contributed by atoms with Crippen LogP contribution in [0.25, 0.3) is 11.2 Å². The molecule has 1 aliphatic rings. The van der Waals surface area contributed by atoms with E-state index in [1.54, 1.807) is 6.33 Å². The smallest absolute Gasteiger partial charge is 0.226 e. The number of nitrogens with one attached hydrogen (secondary N) is 1. The monoisotopic (exact) mass is 376 g/mol. The summed E-state index contributed by atoms with van der Waals surface area (Å²) in [6.45, 7) is 7.63. The van der Waals surface area contributed by atoms with Crippen LogP contribution in [0.5, 0.6) is 0 Å². The summed E-state index contributed by atoms with van der Waals surface area (Å²) in [5.41, 5.74) is 1.44. The number of morpholine rings is 1. The van der Waals surface area contributed by atoms with E-state index in [0.717, 1.165) is 56.6 Å². The molecule has 1 saturated heterocycles. The number of aryl methyl sites for hydroxylation is 1. The number of nitrogens with zero attached hydrogens (tertiary/aromatic N) is 5. The van der Waals surface area contributed by atoms with Gasteiger partial charge in [-0.05, 0) is 30.7 Å². The van der Waals surface area contributed by atoms with Crippen molar-refractivity contribution in [1.29, 1.82) is 0 Å². The van der Waals surface area contributed by atoms with Crippen molar-refractivity contribution in [2.45, 2.75) is 20.0 Å². The van der Waals surface area contributed by atoms with Crippen LogP contribution < -0.4 is 5.32 Å². The maximum atomic E-state index is 6.13. The molecule has 0 spiro atoms. The third-order valence-corrected chi connectivity index (χ3v) is 4.59. The second kappa shape index (κ2) is 7.61. The molecule has 3 aromatic rings. The van der Waals surface area contributed by atoms with Crippen LogP contribution in [0.1, 0.15) is 11.5 Å². The number of hydrogen-bond donors (Lipinski definition) is 1. The molecule has 4 rings (SSSR count). The number of hydrogen-bond acceptors (Lipinski definition) is 7. The van der Waals surface area contributed by atoms with Gasteiger partial charge in [-0.25, -0.2) is 4.98 Å². The number of aromatic nitrogens is 4. The third-order valence-electron chi connectivity index (χ3n) is 4.42. The summed E-state index contributed by atoms with van der Waals surface area (Å²) in [7, 11) is 0. The molecule has 8 nitrogen and oxygen atoms in total. The molecule has 0 saturated carbocycles. The van der Waals surface area contributed by atoms with Crippen LogP contribution in [0, 0.1) is 6.92 Å². The molecule has 0 bridgehead atoms. The van der Waals surface area contributed by atoms with Crippen molar-refractivity contribution in [2.75, 3.05) is 38.2 Å². The van der Waals surface area contributed by atoms with Crippen molar-refractivity contribution in [3.63, 3.8) is 0 Å². The maximum absolute atomic E-state index is 6.13. The number of fused-ring (bicyclic) bond motifs is 1. The van der Waals surface area contributed by atoms with E-state index in [4.69, 9.17) is 20.8 Å². The highest BCUT2D eigenvalue weighted by Crippen LogP contribution is 2.22. The molecule has 3 aromatic heterocycles. The predicted octanol–water partition coefficient (Wildman–Crippen LogP) is 2.33. The van der Waals surface area contributed by atoms with Gasteiger partial charge in [0.05, 0.1) is 26.1 Å². The Morgan fingerprint density at radius 2 is 2.04 bits per heavy atom. The molecule has 4 heterocycles. The third kappa shape index (κ3) is 3.82. The fourth-order valence-corrected chi connectivity index (χ4v) is 3.19. The van der Waals surface area contributed by atoms with Gasteiger partial charge in [-0.3, -0.25) is 4.90 Å². The summed E-state index contributed by atoms with van der Waals surface area (Å²) in [5, 5.41) is 3.44. The molecule has 0 aromatic carbocycles. The number of anilines is 1. The molecule has 138 valence electrons. The molecular weight excluding hydrogens is 356 g/mol. The lowest BCUT2D eigenvalue weighted by Crippen LogP contribution is -2.38. The minimum atomic E-state index is 0.198. The van der Waals surface area contributed by atoms with Crippen LogP contribution in [0.2, 0.25) is 5.28 Å². The Labute approximate surface area is 156 Å². The number of rotatable bonds is 6. The molecule has 1 fully saturated rings. The minimum Gasteiger partial charge on any atom is -0.465 e. The topological polar surface area (TPSA) is 81.2 Å². The number of ether oxygens (including phenoxy) is 1. The van der Waals surface area contributed by atoms with Crippen LogP contribution in [0.4, 0.5) is 5.82 Å². The SMILES string of the molecule is Cc1ccc(CNc2nc(Cl)nc3c2ncn3CCN2CCOCC2)o1. The fraction of sp³-hybridized carbons (Fsp3) is 0.471. The van der Waals surface area contributed by atoms with Crippen LogP contribution in [-0.4, -0.2) is 57.3 Å². The van der Waals surface area contributed by atoms with Crippen molar-refractivity contribution < 1.29 is 9.15 Å². The molecule has 0 radical (unpaired) electrons. The van der Waals surface area contributed by atoms with Gasteiger partial charge < -0.3 is 19.0 Å². The number of halogens is 1. The number of furan rings is 1. The van der Waals surface area contributed by atoms with Crippen LogP contribution in [-0.2, 0) is 17.8 Å². The Morgan fingerprint density at radius 3 is 2.81 bits per heavy atom. The van der Waals surface area contributed by atoms with Crippen molar-refractivity contribution in [1.82, 2.24) is 24.4 Å². The van der Waals surface area contributed by atoms with E-state index < -0.39 is 0 Å². The summed E-state index contributed by atoms with van der Waals surface area (Å²) in [6, 6.07) is 3.86. The molecule has 0 amide bonds. The first-order valence-electron chi connectivity index (χ1n) is 8.67. The van der Waals surface area contributed by atoms with Crippen molar-refractivity contribution in [3.8, 4) is 0 Å². The molecule has 9 heteroatoms. The highest BCUT2D eigenvalue weighted by molar-refractivity contribution is 6.28. The Bertz CT molecular complexity index is 887. The maximum Gasteiger partial charge on any atom is 0.226 e. The second-order valence-electron chi connectivity index (χ2n) is 6.27. The van der Waals surface area contributed by atoms with Crippen LogP contribution >= 0.6 is 11.6 Å². The standard InChI is InChI=1S/C17H21ClN6O2/c1-12-2-3-13(26-12)10-19-15-14-16(22-17(18)21-15)24(11-20-14)5-4-23-6-8-25-9-7-23/h2-3,11H,4-10H2,1H3,(H,19,21,22). The lowest BCUT2D eigenvalue weighted by molar-refractivity contribution is 0.0365. The van der Waals surface area contributed by atoms with Crippen molar-refractivity contribution >= 4 is 28.6 Å². The molecule has 0 atom stereocenters. The molecule has 0 aliphatic carbocycles. The predicted molar refractivity (Wildman–Crippen MR) is 98.4 cm³/mol. The first kappa shape index (κ1) is 17.3. The lowest BCUT2D eigenvalue weighted by Gasteiger charge is -2.26. The summed E-state index contributed by atoms with van der Waals surface area (Å²) < 4.78 is 13.0. The number of imidazole rings is 1. The zero-order valence-corrected chi connectivity index (χ0v) is 15.4. The van der Waals surface area contributed by atoms with E-state index in [2.05, 4.69) is 25.2 Å². The summed E-state index contributed by atoms with van der Waals surface area (Å²) in [4.78, 5) is 15.5. The first-order valence-corrected chi connectivity index (χ1v) is 9.04. The lowest BCUT2D eigenvalue weighted by atomic mass is 10.4. The Balaban J connectivity index is 1.50. The molecular formula is C17H21ClN6O2. The minimum absolute atomic E-state index is 0.198.